The lowest BCUT2D eigenvalue weighted by molar-refractivity contribution is 0.0920. The van der Waals surface area contributed by atoms with E-state index in [4.69, 9.17) is 27.9 Å². The fourth-order valence-corrected chi connectivity index (χ4v) is 3.17. The Kier molecular flexibility index (Phi) is 5.49. The lowest BCUT2D eigenvalue weighted by Gasteiger charge is -2.10. The van der Waals surface area contributed by atoms with E-state index in [0.29, 0.717) is 21.4 Å². The molecule has 0 spiro atoms. The fraction of sp³-hybridized carbons (Fsp3) is 0.0714. The number of hydrogen-bond donors (Lipinski definition) is 0. The van der Waals surface area contributed by atoms with Crippen LogP contribution in [0.1, 0.15) is 10.4 Å². The van der Waals surface area contributed by atoms with Gasteiger partial charge in [-0.25, -0.2) is 0 Å². The second-order valence-corrected chi connectivity index (χ2v) is 6.44. The third kappa shape index (κ3) is 3.76. The molecular formula is C14H8Br2Cl2O2. The second-order valence-electron chi connectivity index (χ2n) is 3.89. The molecule has 104 valence electrons. The van der Waals surface area contributed by atoms with Gasteiger partial charge in [-0.15, -0.1) is 0 Å². The van der Waals surface area contributed by atoms with Gasteiger partial charge < -0.3 is 4.74 Å². The average Bonchev–Trinajstić information content (AvgIpc) is 2.40. The summed E-state index contributed by atoms with van der Waals surface area (Å²) in [5.41, 5.74) is 0.349. The Labute approximate surface area is 143 Å². The van der Waals surface area contributed by atoms with Crippen molar-refractivity contribution in [3.63, 3.8) is 0 Å². The van der Waals surface area contributed by atoms with Crippen molar-refractivity contribution < 1.29 is 9.53 Å². The van der Waals surface area contributed by atoms with Crippen LogP contribution >= 0.6 is 55.1 Å². The number of benzene rings is 2. The van der Waals surface area contributed by atoms with Gasteiger partial charge >= 0.3 is 0 Å². The quantitative estimate of drug-likeness (QED) is 0.565. The first-order chi connectivity index (χ1) is 9.49. The van der Waals surface area contributed by atoms with Crippen LogP contribution in [0.25, 0.3) is 0 Å². The molecule has 0 aliphatic heterocycles. The summed E-state index contributed by atoms with van der Waals surface area (Å²) in [6.07, 6.45) is 0. The van der Waals surface area contributed by atoms with Crippen molar-refractivity contribution >= 4 is 60.8 Å². The van der Waals surface area contributed by atoms with E-state index in [0.717, 1.165) is 8.95 Å². The van der Waals surface area contributed by atoms with Gasteiger partial charge in [-0.2, -0.15) is 0 Å². The Morgan fingerprint density at radius 1 is 1.10 bits per heavy atom. The molecule has 0 bridgehead atoms. The number of Topliss-reactive ketones (excluding diaryl/α,β-unsaturated/α-hetero) is 1. The highest BCUT2D eigenvalue weighted by Crippen LogP contribution is 2.33. The summed E-state index contributed by atoms with van der Waals surface area (Å²) in [4.78, 5) is 12.1. The van der Waals surface area contributed by atoms with Crippen LogP contribution in [0, 0.1) is 0 Å². The maximum atomic E-state index is 12.1. The van der Waals surface area contributed by atoms with Gasteiger partial charge in [0.15, 0.2) is 6.61 Å². The minimum atomic E-state index is -0.236. The molecule has 2 aromatic carbocycles. The average molecular weight is 439 g/mol. The van der Waals surface area contributed by atoms with Gasteiger partial charge in [-0.1, -0.05) is 29.3 Å². The smallest absolute Gasteiger partial charge is 0.201 e. The zero-order chi connectivity index (χ0) is 14.7. The summed E-state index contributed by atoms with van der Waals surface area (Å²) < 4.78 is 7.06. The van der Waals surface area contributed by atoms with Gasteiger partial charge in [-0.05, 0) is 62.2 Å². The van der Waals surface area contributed by atoms with Crippen molar-refractivity contribution in [1.29, 1.82) is 0 Å². The molecule has 0 saturated heterocycles. The normalized spacial score (nSPS) is 10.4. The van der Waals surface area contributed by atoms with Crippen LogP contribution in [0.15, 0.2) is 45.3 Å². The van der Waals surface area contributed by atoms with Gasteiger partial charge in [0.1, 0.15) is 5.75 Å². The van der Waals surface area contributed by atoms with Gasteiger partial charge in [0.25, 0.3) is 0 Å². The Morgan fingerprint density at radius 3 is 2.40 bits per heavy atom. The van der Waals surface area contributed by atoms with E-state index in [9.17, 15) is 4.79 Å². The highest BCUT2D eigenvalue weighted by atomic mass is 79.9. The zero-order valence-electron chi connectivity index (χ0n) is 10.00. The first-order valence-electron chi connectivity index (χ1n) is 5.54. The van der Waals surface area contributed by atoms with Crippen LogP contribution in [-0.4, -0.2) is 12.4 Å². The summed E-state index contributed by atoms with van der Waals surface area (Å²) in [7, 11) is 0. The molecule has 0 fully saturated rings. The Bertz CT molecular complexity index is 639. The number of rotatable bonds is 4. The molecule has 20 heavy (non-hydrogen) atoms. The Hall–Kier alpha value is -0.550. The van der Waals surface area contributed by atoms with Crippen LogP contribution in [0.4, 0.5) is 0 Å². The largest absolute Gasteiger partial charge is 0.483 e. The number of carbonyl (C=O) groups excluding carboxylic acids is 1. The second kappa shape index (κ2) is 6.94. The first kappa shape index (κ1) is 15.8. The molecule has 0 radical (unpaired) electrons. The highest BCUT2D eigenvalue weighted by molar-refractivity contribution is 9.11. The highest BCUT2D eigenvalue weighted by Gasteiger charge is 2.14. The van der Waals surface area contributed by atoms with E-state index in [1.165, 1.54) is 6.07 Å². The zero-order valence-corrected chi connectivity index (χ0v) is 14.7. The number of halogens is 4. The van der Waals surface area contributed by atoms with E-state index >= 15 is 0 Å². The predicted octanol–water partition coefficient (Wildman–Crippen LogP) is 5.78. The van der Waals surface area contributed by atoms with Crippen LogP contribution in [0.3, 0.4) is 0 Å². The van der Waals surface area contributed by atoms with Gasteiger partial charge in [0.05, 0.1) is 14.0 Å². The molecule has 0 N–H and O–H groups in total. The molecule has 6 heteroatoms. The molecule has 2 rings (SSSR count). The molecule has 0 amide bonds. The molecule has 2 nitrogen and oxygen atoms in total. The van der Waals surface area contributed by atoms with E-state index in [2.05, 4.69) is 31.9 Å². The monoisotopic (exact) mass is 436 g/mol. The third-order valence-electron chi connectivity index (χ3n) is 2.50. The number of para-hydroxylation sites is 1. The van der Waals surface area contributed by atoms with Gasteiger partial charge in [-0.3, -0.25) is 4.79 Å². The Balaban J connectivity index is 2.15. The van der Waals surface area contributed by atoms with Gasteiger partial charge in [0, 0.05) is 10.6 Å². The summed E-state index contributed by atoms with van der Waals surface area (Å²) >= 11 is 18.6. The molecule has 0 heterocycles. The molecular weight excluding hydrogens is 431 g/mol. The van der Waals surface area contributed by atoms with E-state index in [1.807, 2.05) is 18.2 Å². The number of carbonyl (C=O) groups is 1. The van der Waals surface area contributed by atoms with E-state index in [1.54, 1.807) is 12.1 Å². The van der Waals surface area contributed by atoms with Crippen molar-refractivity contribution in [2.75, 3.05) is 6.61 Å². The van der Waals surface area contributed by atoms with Gasteiger partial charge in [0.2, 0.25) is 5.78 Å². The molecule has 0 aromatic heterocycles. The molecule has 2 aromatic rings. The van der Waals surface area contributed by atoms with Crippen molar-refractivity contribution in [1.82, 2.24) is 0 Å². The standard InChI is InChI=1S/C14H8Br2Cl2O2/c15-10-2-1-3-11(16)14(10)20-7-13(19)9-6-8(17)4-5-12(9)18/h1-6H,7H2. The lowest BCUT2D eigenvalue weighted by atomic mass is 10.1. The predicted molar refractivity (Wildman–Crippen MR) is 88.1 cm³/mol. The number of ketones is 1. The third-order valence-corrected chi connectivity index (χ3v) is 4.31. The lowest BCUT2D eigenvalue weighted by Crippen LogP contribution is -2.12. The molecule has 0 saturated carbocycles. The summed E-state index contributed by atoms with van der Waals surface area (Å²) in [6, 6.07) is 10.3. The van der Waals surface area contributed by atoms with Crippen LogP contribution in [0.5, 0.6) is 5.75 Å². The number of hydrogen-bond acceptors (Lipinski definition) is 2. The maximum Gasteiger partial charge on any atom is 0.201 e. The summed E-state index contributed by atoms with van der Waals surface area (Å²) in [5.74, 6) is 0.333. The molecule has 0 unspecified atom stereocenters. The maximum absolute atomic E-state index is 12.1. The van der Waals surface area contributed by atoms with Crippen molar-refractivity contribution in [2.24, 2.45) is 0 Å². The van der Waals surface area contributed by atoms with E-state index in [-0.39, 0.29) is 12.4 Å². The van der Waals surface area contributed by atoms with Crippen molar-refractivity contribution in [2.45, 2.75) is 0 Å². The minimum absolute atomic E-state index is 0.124. The molecule has 0 aliphatic carbocycles. The van der Waals surface area contributed by atoms with Crippen molar-refractivity contribution in [3.05, 3.63) is 61.0 Å². The minimum Gasteiger partial charge on any atom is -0.483 e. The molecule has 0 aliphatic rings. The van der Waals surface area contributed by atoms with Crippen molar-refractivity contribution in [3.8, 4) is 5.75 Å². The topological polar surface area (TPSA) is 26.3 Å². The van der Waals surface area contributed by atoms with Crippen LogP contribution in [-0.2, 0) is 0 Å². The first-order valence-corrected chi connectivity index (χ1v) is 7.88. The fourth-order valence-electron chi connectivity index (χ4n) is 1.55. The van der Waals surface area contributed by atoms with Crippen LogP contribution < -0.4 is 4.74 Å². The SMILES string of the molecule is O=C(COc1c(Br)cccc1Br)c1cc(Cl)ccc1Cl. The van der Waals surface area contributed by atoms with E-state index < -0.39 is 0 Å². The summed E-state index contributed by atoms with van der Waals surface area (Å²) in [6.45, 7) is -0.124. The summed E-state index contributed by atoms with van der Waals surface area (Å²) in [5, 5.41) is 0.814. The Morgan fingerprint density at radius 2 is 1.75 bits per heavy atom. The molecule has 0 atom stereocenters. The van der Waals surface area contributed by atoms with Crippen LogP contribution in [0.2, 0.25) is 10.0 Å². The number of ether oxygens (including phenoxy) is 1.